The zero-order valence-electron chi connectivity index (χ0n) is 13.0. The van der Waals surface area contributed by atoms with E-state index in [1.807, 2.05) is 0 Å². The average molecular weight is 323 g/mol. The summed E-state index contributed by atoms with van der Waals surface area (Å²) < 4.78 is 14.2. The normalized spacial score (nSPS) is 10.7. The van der Waals surface area contributed by atoms with Gasteiger partial charge in [-0.1, -0.05) is 5.16 Å². The van der Waals surface area contributed by atoms with Gasteiger partial charge in [0.1, 0.15) is 5.75 Å². The van der Waals surface area contributed by atoms with E-state index < -0.39 is 23.6 Å². The molecule has 0 radical (unpaired) electrons. The van der Waals surface area contributed by atoms with E-state index in [0.717, 1.165) is 0 Å². The molecular formula is C15H17NO7. The van der Waals surface area contributed by atoms with Gasteiger partial charge in [-0.2, -0.15) is 0 Å². The highest BCUT2D eigenvalue weighted by Gasteiger charge is 2.25. The Bertz CT molecular complexity index is 592. The molecule has 0 spiro atoms. The molecule has 0 aliphatic heterocycles. The first-order valence-electron chi connectivity index (χ1n) is 6.81. The van der Waals surface area contributed by atoms with Crippen LogP contribution in [0, 0.1) is 0 Å². The Hall–Kier alpha value is -2.90. The molecule has 0 aromatic heterocycles. The Morgan fingerprint density at radius 1 is 1.00 bits per heavy atom. The highest BCUT2D eigenvalue weighted by Crippen LogP contribution is 2.12. The zero-order chi connectivity index (χ0) is 17.2. The fourth-order valence-electron chi connectivity index (χ4n) is 1.48. The predicted octanol–water partition coefficient (Wildman–Crippen LogP) is 1.97. The summed E-state index contributed by atoms with van der Waals surface area (Å²) in [4.78, 5) is 39.7. The van der Waals surface area contributed by atoms with Crippen molar-refractivity contribution in [3.05, 3.63) is 29.8 Å². The molecule has 8 heteroatoms. The summed E-state index contributed by atoms with van der Waals surface area (Å²) in [6.45, 7) is 3.24. The molecule has 0 amide bonds. The molecule has 0 saturated heterocycles. The quantitative estimate of drug-likeness (QED) is 0.189. The molecular weight excluding hydrogens is 306 g/mol. The maximum absolute atomic E-state index is 12.3. The Morgan fingerprint density at radius 3 is 2.13 bits per heavy atom. The number of Topliss-reactive ketones (excluding diaryl/α,β-unsaturated/α-hetero) is 1. The molecule has 0 unspecified atom stereocenters. The molecule has 0 heterocycles. The van der Waals surface area contributed by atoms with Gasteiger partial charge in [0.2, 0.25) is 11.5 Å². The lowest BCUT2D eigenvalue weighted by molar-refractivity contribution is -0.135. The van der Waals surface area contributed by atoms with E-state index in [4.69, 9.17) is 9.47 Å². The summed E-state index contributed by atoms with van der Waals surface area (Å²) in [6, 6.07) is 5.98. The molecule has 0 aliphatic rings. The Kier molecular flexibility index (Phi) is 7.25. The lowest BCUT2D eigenvalue weighted by atomic mass is 10.1. The second-order valence-corrected chi connectivity index (χ2v) is 3.99. The molecule has 23 heavy (non-hydrogen) atoms. The highest BCUT2D eigenvalue weighted by atomic mass is 16.8. The molecule has 1 rings (SSSR count). The lowest BCUT2D eigenvalue weighted by Gasteiger charge is -2.06. The van der Waals surface area contributed by atoms with E-state index in [-0.39, 0.29) is 18.8 Å². The molecule has 0 N–H and O–H groups in total. The van der Waals surface area contributed by atoms with E-state index in [1.54, 1.807) is 26.0 Å². The van der Waals surface area contributed by atoms with Crippen molar-refractivity contribution >= 4 is 23.6 Å². The van der Waals surface area contributed by atoms with Crippen molar-refractivity contribution in [3.63, 3.8) is 0 Å². The average Bonchev–Trinajstić information content (AvgIpc) is 2.55. The second kappa shape index (κ2) is 9.19. The van der Waals surface area contributed by atoms with Gasteiger partial charge in [0.25, 0.3) is 0 Å². The summed E-state index contributed by atoms with van der Waals surface area (Å²) in [6.07, 6.45) is -1.13. The standard InChI is InChI=1S/C15H17NO7/c1-4-21-14(18)12(16-23-15(19)22-5-2)13(17)10-6-8-11(20-3)9-7-10/h6-9H,4-5H2,1-3H3/b16-12-. The van der Waals surface area contributed by atoms with Crippen molar-refractivity contribution in [3.8, 4) is 5.75 Å². The summed E-state index contributed by atoms with van der Waals surface area (Å²) in [7, 11) is 1.48. The van der Waals surface area contributed by atoms with Crippen LogP contribution in [0.2, 0.25) is 0 Å². The topological polar surface area (TPSA) is 100 Å². The van der Waals surface area contributed by atoms with Crippen LogP contribution < -0.4 is 4.74 Å². The minimum absolute atomic E-state index is 0.0349. The minimum Gasteiger partial charge on any atom is -0.497 e. The first-order valence-corrected chi connectivity index (χ1v) is 6.81. The van der Waals surface area contributed by atoms with Crippen LogP contribution in [-0.4, -0.2) is 43.9 Å². The fraction of sp³-hybridized carbons (Fsp3) is 0.333. The monoisotopic (exact) mass is 323 g/mol. The minimum atomic E-state index is -1.13. The number of nitrogens with zero attached hydrogens (tertiary/aromatic N) is 1. The van der Waals surface area contributed by atoms with E-state index in [2.05, 4.69) is 14.7 Å². The zero-order valence-corrected chi connectivity index (χ0v) is 13.0. The van der Waals surface area contributed by atoms with Gasteiger partial charge in [-0.25, -0.2) is 9.59 Å². The van der Waals surface area contributed by atoms with Crippen LogP contribution in [0.15, 0.2) is 29.4 Å². The van der Waals surface area contributed by atoms with Crippen molar-refractivity contribution in [2.24, 2.45) is 5.16 Å². The number of methoxy groups -OCH3 is 1. The van der Waals surface area contributed by atoms with Crippen LogP contribution in [0.5, 0.6) is 5.75 Å². The van der Waals surface area contributed by atoms with Crippen LogP contribution >= 0.6 is 0 Å². The Balaban J connectivity index is 3.01. The van der Waals surface area contributed by atoms with E-state index in [9.17, 15) is 14.4 Å². The number of ether oxygens (including phenoxy) is 3. The SMILES string of the molecule is CCOC(=O)O/N=C(\C(=O)OCC)C(=O)c1ccc(OC)cc1. The largest absolute Gasteiger partial charge is 0.535 e. The third-order valence-corrected chi connectivity index (χ3v) is 2.51. The van der Waals surface area contributed by atoms with Gasteiger partial charge < -0.3 is 14.2 Å². The van der Waals surface area contributed by atoms with E-state index >= 15 is 0 Å². The van der Waals surface area contributed by atoms with Crippen LogP contribution in [0.4, 0.5) is 4.79 Å². The summed E-state index contributed by atoms with van der Waals surface area (Å²) in [5.41, 5.74) is -0.505. The molecule has 8 nitrogen and oxygen atoms in total. The first-order chi connectivity index (χ1) is 11.0. The molecule has 0 bridgehead atoms. The van der Waals surface area contributed by atoms with Crippen LogP contribution in [0.3, 0.4) is 0 Å². The number of carbonyl (C=O) groups is 3. The molecule has 0 saturated carbocycles. The van der Waals surface area contributed by atoms with Crippen molar-refractivity contribution in [2.45, 2.75) is 13.8 Å². The number of benzene rings is 1. The predicted molar refractivity (Wildman–Crippen MR) is 79.5 cm³/mol. The van der Waals surface area contributed by atoms with Crippen LogP contribution in [-0.2, 0) is 19.1 Å². The van der Waals surface area contributed by atoms with Gasteiger partial charge >= 0.3 is 12.1 Å². The number of rotatable bonds is 7. The van der Waals surface area contributed by atoms with Crippen LogP contribution in [0.1, 0.15) is 24.2 Å². The number of hydrogen-bond donors (Lipinski definition) is 0. The maximum atomic E-state index is 12.3. The fourth-order valence-corrected chi connectivity index (χ4v) is 1.48. The summed E-state index contributed by atoms with van der Waals surface area (Å²) in [5, 5.41) is 3.27. The van der Waals surface area contributed by atoms with Crippen molar-refractivity contribution in [2.75, 3.05) is 20.3 Å². The van der Waals surface area contributed by atoms with Gasteiger partial charge in [0, 0.05) is 5.56 Å². The van der Waals surface area contributed by atoms with E-state index in [0.29, 0.717) is 5.75 Å². The van der Waals surface area contributed by atoms with Crippen molar-refractivity contribution in [1.29, 1.82) is 0 Å². The van der Waals surface area contributed by atoms with Gasteiger partial charge in [0.15, 0.2) is 0 Å². The smallest absolute Gasteiger partial charge is 0.497 e. The van der Waals surface area contributed by atoms with Gasteiger partial charge in [-0.15, -0.1) is 0 Å². The van der Waals surface area contributed by atoms with Crippen LogP contribution in [0.25, 0.3) is 0 Å². The highest BCUT2D eigenvalue weighted by molar-refractivity contribution is 6.67. The number of hydrogen-bond acceptors (Lipinski definition) is 8. The molecule has 124 valence electrons. The van der Waals surface area contributed by atoms with Gasteiger partial charge in [-0.05, 0) is 38.1 Å². The number of ketones is 1. The molecule has 1 aromatic rings. The Morgan fingerprint density at radius 2 is 1.61 bits per heavy atom. The molecule has 1 aromatic carbocycles. The second-order valence-electron chi connectivity index (χ2n) is 3.99. The number of esters is 1. The summed E-state index contributed by atoms with van der Waals surface area (Å²) >= 11 is 0. The summed E-state index contributed by atoms with van der Waals surface area (Å²) in [5.74, 6) is -1.22. The third kappa shape index (κ3) is 5.42. The van der Waals surface area contributed by atoms with Crippen molar-refractivity contribution < 1.29 is 33.4 Å². The maximum Gasteiger partial charge on any atom is 0.535 e. The number of oxime groups is 1. The Labute approximate surface area is 133 Å². The van der Waals surface area contributed by atoms with Crippen molar-refractivity contribution in [1.82, 2.24) is 0 Å². The van der Waals surface area contributed by atoms with Gasteiger partial charge in [0.05, 0.1) is 20.3 Å². The molecule has 0 atom stereocenters. The third-order valence-electron chi connectivity index (χ3n) is 2.51. The lowest BCUT2D eigenvalue weighted by Crippen LogP contribution is -2.27. The molecule has 0 fully saturated rings. The molecule has 0 aliphatic carbocycles. The number of carbonyl (C=O) groups excluding carboxylic acids is 3. The van der Waals surface area contributed by atoms with Gasteiger partial charge in [-0.3, -0.25) is 9.63 Å². The first kappa shape index (κ1) is 18.1. The van der Waals surface area contributed by atoms with E-state index in [1.165, 1.54) is 19.2 Å².